The fourth-order valence-electron chi connectivity index (χ4n) is 2.95. The van der Waals surface area contributed by atoms with Crippen LogP contribution in [0.25, 0.3) is 22.0 Å². The minimum absolute atomic E-state index is 0.0981. The lowest BCUT2D eigenvalue weighted by Gasteiger charge is -2.07. The number of nitrogens with zero attached hydrogens (tertiary/aromatic N) is 1. The van der Waals surface area contributed by atoms with E-state index in [0.717, 1.165) is 16.8 Å². The Balaban J connectivity index is 2.26. The van der Waals surface area contributed by atoms with Gasteiger partial charge < -0.3 is 14.4 Å². The van der Waals surface area contributed by atoms with E-state index in [-0.39, 0.29) is 11.7 Å². The lowest BCUT2D eigenvalue weighted by molar-refractivity contribution is 0.0527. The van der Waals surface area contributed by atoms with Crippen molar-refractivity contribution in [3.05, 3.63) is 52.7 Å². The predicted octanol–water partition coefficient (Wildman–Crippen LogP) is 4.69. The van der Waals surface area contributed by atoms with Gasteiger partial charge in [-0.05, 0) is 43.7 Å². The van der Waals surface area contributed by atoms with Crippen molar-refractivity contribution in [1.82, 2.24) is 4.57 Å². The molecule has 1 N–H and O–H groups in total. The fourth-order valence-corrected chi connectivity index (χ4v) is 3.14. The summed E-state index contributed by atoms with van der Waals surface area (Å²) >= 11 is 6.05. The van der Waals surface area contributed by atoms with E-state index in [0.29, 0.717) is 28.1 Å². The monoisotopic (exact) mass is 343 g/mol. The SMILES string of the molecule is CCOC(=O)c1c(C)n(C)c2cc(-c3cccc(Cl)c3)c(O)cc12. The third-order valence-corrected chi connectivity index (χ3v) is 4.46. The van der Waals surface area contributed by atoms with E-state index in [1.807, 2.05) is 36.7 Å². The van der Waals surface area contributed by atoms with Crippen molar-refractivity contribution in [1.29, 1.82) is 0 Å². The molecule has 1 heterocycles. The Morgan fingerprint density at radius 2 is 2.04 bits per heavy atom. The second-order valence-electron chi connectivity index (χ2n) is 5.64. The van der Waals surface area contributed by atoms with Gasteiger partial charge in [-0.2, -0.15) is 0 Å². The average molecular weight is 344 g/mol. The van der Waals surface area contributed by atoms with E-state index in [2.05, 4.69) is 0 Å². The van der Waals surface area contributed by atoms with Crippen molar-refractivity contribution in [3.8, 4) is 16.9 Å². The highest BCUT2D eigenvalue weighted by Gasteiger charge is 2.21. The molecule has 124 valence electrons. The summed E-state index contributed by atoms with van der Waals surface area (Å²) in [4.78, 5) is 12.3. The van der Waals surface area contributed by atoms with Gasteiger partial charge in [0.1, 0.15) is 5.75 Å². The smallest absolute Gasteiger partial charge is 0.340 e. The number of phenolic OH excluding ortho intramolecular Hbond substituents is 1. The van der Waals surface area contributed by atoms with E-state index < -0.39 is 0 Å². The van der Waals surface area contributed by atoms with E-state index in [1.54, 1.807) is 25.1 Å². The van der Waals surface area contributed by atoms with Crippen molar-refractivity contribution in [3.63, 3.8) is 0 Å². The minimum atomic E-state index is -0.379. The lowest BCUT2D eigenvalue weighted by Crippen LogP contribution is -2.06. The first-order valence-electron chi connectivity index (χ1n) is 7.69. The Bertz CT molecular complexity index is 943. The van der Waals surface area contributed by atoms with Crippen molar-refractivity contribution >= 4 is 28.5 Å². The molecule has 0 amide bonds. The number of hydrogen-bond donors (Lipinski definition) is 1. The van der Waals surface area contributed by atoms with Crippen LogP contribution in [0.15, 0.2) is 36.4 Å². The quantitative estimate of drug-likeness (QED) is 0.702. The summed E-state index contributed by atoms with van der Waals surface area (Å²) in [7, 11) is 1.89. The number of carbonyl (C=O) groups is 1. The van der Waals surface area contributed by atoms with Crippen LogP contribution >= 0.6 is 11.6 Å². The Labute approximate surface area is 145 Å². The molecule has 24 heavy (non-hydrogen) atoms. The lowest BCUT2D eigenvalue weighted by atomic mass is 10.0. The van der Waals surface area contributed by atoms with Crippen LogP contribution in [0.5, 0.6) is 5.75 Å². The molecule has 3 rings (SSSR count). The first-order chi connectivity index (χ1) is 11.4. The van der Waals surface area contributed by atoms with Crippen LogP contribution in [-0.2, 0) is 11.8 Å². The molecule has 3 aromatic rings. The number of rotatable bonds is 3. The van der Waals surface area contributed by atoms with Gasteiger partial charge in [-0.15, -0.1) is 0 Å². The molecule has 0 saturated carbocycles. The van der Waals surface area contributed by atoms with Crippen LogP contribution in [0.2, 0.25) is 5.02 Å². The molecule has 0 spiro atoms. The molecule has 0 bridgehead atoms. The van der Waals surface area contributed by atoms with Crippen LogP contribution in [0, 0.1) is 6.92 Å². The molecule has 0 fully saturated rings. The van der Waals surface area contributed by atoms with Gasteiger partial charge >= 0.3 is 5.97 Å². The number of phenols is 1. The van der Waals surface area contributed by atoms with Crippen molar-refractivity contribution in [2.45, 2.75) is 13.8 Å². The van der Waals surface area contributed by atoms with Gasteiger partial charge in [0.05, 0.1) is 12.2 Å². The molecule has 0 aliphatic rings. The third kappa shape index (κ3) is 2.63. The van der Waals surface area contributed by atoms with Gasteiger partial charge in [-0.3, -0.25) is 0 Å². The second kappa shape index (κ2) is 6.21. The number of ether oxygens (including phenoxy) is 1. The number of hydrogen-bond acceptors (Lipinski definition) is 3. The zero-order chi connectivity index (χ0) is 17.4. The highest BCUT2D eigenvalue weighted by molar-refractivity contribution is 6.30. The summed E-state index contributed by atoms with van der Waals surface area (Å²) in [6.07, 6.45) is 0. The van der Waals surface area contributed by atoms with Crippen LogP contribution < -0.4 is 0 Å². The third-order valence-electron chi connectivity index (χ3n) is 4.22. The Hall–Kier alpha value is -2.46. The standard InChI is InChI=1S/C19H18ClNO3/c1-4-24-19(23)18-11(2)21(3)16-9-14(17(22)10-15(16)18)12-6-5-7-13(20)8-12/h5-10,22H,4H2,1-3H3. The zero-order valence-electron chi connectivity index (χ0n) is 13.8. The normalized spacial score (nSPS) is 11.0. The van der Waals surface area contributed by atoms with E-state index in [9.17, 15) is 9.90 Å². The maximum atomic E-state index is 12.3. The van der Waals surface area contributed by atoms with E-state index >= 15 is 0 Å². The predicted molar refractivity (Wildman–Crippen MR) is 95.7 cm³/mol. The molecular formula is C19H18ClNO3. The first-order valence-corrected chi connectivity index (χ1v) is 8.07. The van der Waals surface area contributed by atoms with Crippen molar-refractivity contribution in [2.75, 3.05) is 6.61 Å². The van der Waals surface area contributed by atoms with Crippen LogP contribution in [0.3, 0.4) is 0 Å². The molecular weight excluding hydrogens is 326 g/mol. The Morgan fingerprint density at radius 3 is 2.71 bits per heavy atom. The van der Waals surface area contributed by atoms with Gasteiger partial charge in [-0.25, -0.2) is 4.79 Å². The van der Waals surface area contributed by atoms with Crippen LogP contribution in [-0.4, -0.2) is 22.2 Å². The highest BCUT2D eigenvalue weighted by atomic mass is 35.5. The summed E-state index contributed by atoms with van der Waals surface area (Å²) in [5, 5.41) is 11.8. The number of esters is 1. The number of carbonyl (C=O) groups excluding carboxylic acids is 1. The maximum Gasteiger partial charge on any atom is 0.340 e. The summed E-state index contributed by atoms with van der Waals surface area (Å²) in [6, 6.07) is 10.8. The molecule has 0 aliphatic heterocycles. The number of fused-ring (bicyclic) bond motifs is 1. The van der Waals surface area contributed by atoms with E-state index in [4.69, 9.17) is 16.3 Å². The number of aromatic nitrogens is 1. The number of aromatic hydroxyl groups is 1. The summed E-state index contributed by atoms with van der Waals surface area (Å²) < 4.78 is 7.07. The topological polar surface area (TPSA) is 51.5 Å². The molecule has 2 aromatic carbocycles. The van der Waals surface area contributed by atoms with Gasteiger partial charge in [0, 0.05) is 34.2 Å². The molecule has 1 aromatic heterocycles. The molecule has 0 radical (unpaired) electrons. The molecule has 0 saturated heterocycles. The van der Waals surface area contributed by atoms with Crippen molar-refractivity contribution in [2.24, 2.45) is 7.05 Å². The molecule has 5 heteroatoms. The van der Waals surface area contributed by atoms with Gasteiger partial charge in [0.15, 0.2) is 0 Å². The Kier molecular flexibility index (Phi) is 4.24. The van der Waals surface area contributed by atoms with Gasteiger partial charge in [0.25, 0.3) is 0 Å². The molecule has 4 nitrogen and oxygen atoms in total. The Morgan fingerprint density at radius 1 is 1.29 bits per heavy atom. The largest absolute Gasteiger partial charge is 0.507 e. The number of halogens is 1. The zero-order valence-corrected chi connectivity index (χ0v) is 14.5. The summed E-state index contributed by atoms with van der Waals surface area (Å²) in [5.74, 6) is -0.281. The van der Waals surface area contributed by atoms with E-state index in [1.165, 1.54) is 0 Å². The second-order valence-corrected chi connectivity index (χ2v) is 6.07. The summed E-state index contributed by atoms with van der Waals surface area (Å²) in [6.45, 7) is 3.94. The highest BCUT2D eigenvalue weighted by Crippen LogP contribution is 2.37. The van der Waals surface area contributed by atoms with Gasteiger partial charge in [-0.1, -0.05) is 23.7 Å². The average Bonchev–Trinajstić information content (AvgIpc) is 2.77. The van der Waals surface area contributed by atoms with Crippen LogP contribution in [0.4, 0.5) is 0 Å². The minimum Gasteiger partial charge on any atom is -0.507 e. The van der Waals surface area contributed by atoms with Gasteiger partial charge in [0.2, 0.25) is 0 Å². The fraction of sp³-hybridized carbons (Fsp3) is 0.211. The number of benzene rings is 2. The summed E-state index contributed by atoms with van der Waals surface area (Å²) in [5.41, 5.74) is 3.62. The molecule has 0 unspecified atom stereocenters. The molecule has 0 atom stereocenters. The van der Waals surface area contributed by atoms with Crippen molar-refractivity contribution < 1.29 is 14.6 Å². The molecule has 0 aliphatic carbocycles. The first kappa shape index (κ1) is 16.4. The maximum absolute atomic E-state index is 12.3. The van der Waals surface area contributed by atoms with Crippen LogP contribution in [0.1, 0.15) is 23.0 Å². The number of aryl methyl sites for hydroxylation is 1.